The first-order valence-corrected chi connectivity index (χ1v) is 13.3. The zero-order valence-corrected chi connectivity index (χ0v) is 22.9. The average molecular weight is 543 g/mol. The van der Waals surface area contributed by atoms with Crippen LogP contribution >= 0.6 is 0 Å². The third-order valence-electron chi connectivity index (χ3n) is 7.91. The highest BCUT2D eigenvalue weighted by atomic mass is 19.1. The number of hydrogen-bond donors (Lipinski definition) is 2. The Hall–Kier alpha value is -4.61. The maximum Gasteiger partial charge on any atom is 0.320 e. The van der Waals surface area contributed by atoms with Crippen molar-refractivity contribution in [1.29, 1.82) is 0 Å². The number of rotatable bonds is 6. The molecule has 0 radical (unpaired) electrons. The number of nitrogens with one attached hydrogen (secondary N) is 2. The predicted octanol–water partition coefficient (Wildman–Crippen LogP) is 4.71. The summed E-state index contributed by atoms with van der Waals surface area (Å²) in [7, 11) is 1.89. The van der Waals surface area contributed by atoms with Crippen LogP contribution in [0, 0.1) is 19.7 Å². The van der Waals surface area contributed by atoms with Crippen LogP contribution in [0.15, 0.2) is 48.9 Å². The van der Waals surface area contributed by atoms with Gasteiger partial charge >= 0.3 is 6.03 Å². The van der Waals surface area contributed by atoms with Crippen molar-refractivity contribution >= 4 is 23.2 Å². The van der Waals surface area contributed by atoms with E-state index in [4.69, 9.17) is 9.97 Å². The van der Waals surface area contributed by atoms with Crippen LogP contribution in [0.5, 0.6) is 0 Å². The van der Waals surface area contributed by atoms with Crippen molar-refractivity contribution in [2.75, 3.05) is 18.9 Å². The van der Waals surface area contributed by atoms with Gasteiger partial charge in [-0.25, -0.2) is 28.8 Å². The minimum atomic E-state index is -0.421. The summed E-state index contributed by atoms with van der Waals surface area (Å²) in [6.45, 7) is 6.52. The molecule has 0 aromatic carbocycles. The Balaban J connectivity index is 1.17. The molecule has 2 aliphatic rings. The Kier molecular flexibility index (Phi) is 6.32. The number of aryl methyl sites for hydroxylation is 2. The highest BCUT2D eigenvalue weighted by Crippen LogP contribution is 2.42. The van der Waals surface area contributed by atoms with E-state index in [2.05, 4.69) is 31.7 Å². The number of carbonyl (C=O) groups excluding carboxylic acids is 1. The highest BCUT2D eigenvalue weighted by molar-refractivity contribution is 5.79. The number of urea groups is 1. The molecule has 11 nitrogen and oxygen atoms in total. The van der Waals surface area contributed by atoms with Gasteiger partial charge < -0.3 is 15.1 Å². The second-order valence-electron chi connectivity index (χ2n) is 10.6. The molecule has 2 N–H and O–H groups in total. The molecule has 5 heterocycles. The van der Waals surface area contributed by atoms with Gasteiger partial charge in [0.25, 0.3) is 0 Å². The van der Waals surface area contributed by atoms with Gasteiger partial charge in [-0.1, -0.05) is 12.1 Å². The number of hydrogen-bond acceptors (Lipinski definition) is 7. The largest absolute Gasteiger partial charge is 0.323 e. The number of amides is 2. The molecular formula is C28H31FN10O. The first-order chi connectivity index (χ1) is 19.2. The van der Waals surface area contributed by atoms with Crippen molar-refractivity contribution in [2.45, 2.75) is 51.6 Å². The molecule has 0 saturated carbocycles. The summed E-state index contributed by atoms with van der Waals surface area (Å²) in [5.41, 5.74) is 3.52. The second kappa shape index (κ2) is 9.85. The Morgan fingerprint density at radius 3 is 2.65 bits per heavy atom. The minimum Gasteiger partial charge on any atom is -0.323 e. The number of aromatic nitrogens is 7. The number of pyridine rings is 1. The number of aromatic amines is 1. The van der Waals surface area contributed by atoms with Crippen LogP contribution < -0.4 is 5.32 Å². The van der Waals surface area contributed by atoms with E-state index >= 15 is 0 Å². The van der Waals surface area contributed by atoms with E-state index in [1.165, 1.54) is 10.9 Å². The van der Waals surface area contributed by atoms with E-state index in [1.54, 1.807) is 12.3 Å². The van der Waals surface area contributed by atoms with Gasteiger partial charge in [0, 0.05) is 43.3 Å². The predicted molar refractivity (Wildman–Crippen MR) is 148 cm³/mol. The Labute approximate surface area is 231 Å². The molecule has 1 saturated heterocycles. The van der Waals surface area contributed by atoms with Crippen LogP contribution in [0.4, 0.5) is 20.8 Å². The zero-order chi connectivity index (χ0) is 28.0. The lowest BCUT2D eigenvalue weighted by molar-refractivity contribution is 0.168. The van der Waals surface area contributed by atoms with E-state index in [-0.39, 0.29) is 17.6 Å². The molecule has 1 fully saturated rings. The molecule has 4 aromatic rings. The number of nitrogens with zero attached hydrogens (tertiary/aromatic N) is 8. The SMILES string of the molecule is Cc1cc(Nc2cc(C)[nH]n2)nc(C2=CCC3(CC2)CN(C(C)c2ccc(-n4cc(F)cn4)nc2)C(=O)N3C)n1. The molecule has 4 aromatic heterocycles. The standard InChI is InChI=1S/C28H31FN10O/c1-17-11-23(33-24-12-18(2)35-36-24)34-26(32-17)20-7-9-28(10-8-20)16-38(27(40)37(28)4)19(3)21-5-6-25(30-13-21)39-15-22(29)14-31-39/h5-7,11-15,19H,8-10,16H2,1-4H3,(H2,32,33,34,35,36). The summed E-state index contributed by atoms with van der Waals surface area (Å²) in [5.74, 6) is 2.20. The van der Waals surface area contributed by atoms with E-state index in [0.717, 1.165) is 41.6 Å². The minimum absolute atomic E-state index is 0.00448. The lowest BCUT2D eigenvalue weighted by Crippen LogP contribution is -2.45. The summed E-state index contributed by atoms with van der Waals surface area (Å²) in [6, 6.07) is 7.34. The molecule has 2 unspecified atom stereocenters. The van der Waals surface area contributed by atoms with Gasteiger partial charge in [0.2, 0.25) is 0 Å². The smallest absolute Gasteiger partial charge is 0.320 e. The van der Waals surface area contributed by atoms with Gasteiger partial charge in [0.1, 0.15) is 5.82 Å². The number of H-pyrrole nitrogens is 1. The monoisotopic (exact) mass is 542 g/mol. The van der Waals surface area contributed by atoms with Gasteiger partial charge in [-0.05, 0) is 57.2 Å². The number of carbonyl (C=O) groups is 1. The summed E-state index contributed by atoms with van der Waals surface area (Å²) in [5, 5.41) is 14.4. The second-order valence-corrected chi connectivity index (χ2v) is 10.6. The lowest BCUT2D eigenvalue weighted by Gasteiger charge is -2.37. The van der Waals surface area contributed by atoms with Crippen LogP contribution in [0.2, 0.25) is 0 Å². The Morgan fingerprint density at radius 2 is 2.00 bits per heavy atom. The normalized spacial score (nSPS) is 19.8. The van der Waals surface area contributed by atoms with Crippen LogP contribution in [-0.2, 0) is 0 Å². The molecule has 6 rings (SSSR count). The number of allylic oxidation sites excluding steroid dienone is 1. The van der Waals surface area contributed by atoms with E-state index < -0.39 is 5.82 Å². The molecule has 2 amide bonds. The van der Waals surface area contributed by atoms with E-state index in [1.807, 2.05) is 55.8 Å². The molecule has 40 heavy (non-hydrogen) atoms. The van der Waals surface area contributed by atoms with E-state index in [0.29, 0.717) is 36.2 Å². The third-order valence-corrected chi connectivity index (χ3v) is 7.91. The summed E-state index contributed by atoms with van der Waals surface area (Å²) >= 11 is 0. The maximum absolute atomic E-state index is 13.4. The Morgan fingerprint density at radius 1 is 1.15 bits per heavy atom. The first-order valence-electron chi connectivity index (χ1n) is 13.3. The number of halogens is 1. The van der Waals surface area contributed by atoms with Gasteiger partial charge in [0.15, 0.2) is 23.3 Å². The molecule has 1 spiro atoms. The van der Waals surface area contributed by atoms with Crippen molar-refractivity contribution in [3.63, 3.8) is 0 Å². The summed E-state index contributed by atoms with van der Waals surface area (Å²) in [6.07, 6.45) is 8.61. The fraction of sp³-hybridized carbons (Fsp3) is 0.357. The fourth-order valence-electron chi connectivity index (χ4n) is 5.50. The van der Waals surface area contributed by atoms with Crippen molar-refractivity contribution in [3.8, 4) is 5.82 Å². The number of likely N-dealkylation sites (N-methyl/N-ethyl adjacent to an activating group) is 1. The molecule has 206 valence electrons. The molecule has 1 aliphatic carbocycles. The van der Waals surface area contributed by atoms with Gasteiger partial charge in [-0.2, -0.15) is 10.2 Å². The molecule has 2 atom stereocenters. The maximum atomic E-state index is 13.4. The quantitative estimate of drug-likeness (QED) is 0.362. The van der Waals surface area contributed by atoms with Crippen molar-refractivity contribution in [2.24, 2.45) is 0 Å². The fourth-order valence-corrected chi connectivity index (χ4v) is 5.50. The van der Waals surface area contributed by atoms with Gasteiger partial charge in [-0.15, -0.1) is 0 Å². The van der Waals surface area contributed by atoms with Crippen LogP contribution in [0.3, 0.4) is 0 Å². The van der Waals surface area contributed by atoms with Crippen molar-refractivity contribution in [3.05, 3.63) is 77.5 Å². The zero-order valence-electron chi connectivity index (χ0n) is 22.9. The Bertz CT molecular complexity index is 1590. The lowest BCUT2D eigenvalue weighted by atomic mass is 9.81. The molecule has 1 aliphatic heterocycles. The van der Waals surface area contributed by atoms with Crippen LogP contribution in [-0.4, -0.2) is 69.9 Å². The summed E-state index contributed by atoms with van der Waals surface area (Å²) < 4.78 is 14.7. The topological polar surface area (TPSA) is 121 Å². The van der Waals surface area contributed by atoms with Crippen LogP contribution in [0.25, 0.3) is 11.4 Å². The van der Waals surface area contributed by atoms with E-state index in [9.17, 15) is 9.18 Å². The molecular weight excluding hydrogens is 511 g/mol. The average Bonchev–Trinajstić information content (AvgIpc) is 3.63. The first kappa shape index (κ1) is 25.7. The van der Waals surface area contributed by atoms with Gasteiger partial charge in [-0.3, -0.25) is 5.10 Å². The van der Waals surface area contributed by atoms with Gasteiger partial charge in [0.05, 0.1) is 24.0 Å². The van der Waals surface area contributed by atoms with Crippen molar-refractivity contribution in [1.82, 2.24) is 44.7 Å². The van der Waals surface area contributed by atoms with Crippen LogP contribution in [0.1, 0.15) is 55.0 Å². The number of anilines is 2. The molecule has 0 bridgehead atoms. The summed E-state index contributed by atoms with van der Waals surface area (Å²) in [4.78, 5) is 31.1. The molecule has 12 heteroatoms. The van der Waals surface area contributed by atoms with Crippen molar-refractivity contribution < 1.29 is 9.18 Å². The third kappa shape index (κ3) is 4.69. The highest BCUT2D eigenvalue weighted by Gasteiger charge is 2.49.